The zero-order chi connectivity index (χ0) is 21.9. The summed E-state index contributed by atoms with van der Waals surface area (Å²) in [6.45, 7) is 8.62. The minimum Gasteiger partial charge on any atom is -0.491 e. The summed E-state index contributed by atoms with van der Waals surface area (Å²) in [6.07, 6.45) is 1.50. The van der Waals surface area contributed by atoms with Crippen LogP contribution in [0.5, 0.6) is 5.75 Å². The molecule has 30 heavy (non-hydrogen) atoms. The van der Waals surface area contributed by atoms with Gasteiger partial charge in [0, 0.05) is 12.1 Å². The van der Waals surface area contributed by atoms with E-state index < -0.39 is 10.0 Å². The Hall–Kier alpha value is -2.54. The molecule has 1 N–H and O–H groups in total. The number of amides is 1. The van der Waals surface area contributed by atoms with Crippen molar-refractivity contribution in [3.63, 3.8) is 0 Å². The maximum Gasteiger partial charge on any atom is 0.251 e. The van der Waals surface area contributed by atoms with Crippen molar-refractivity contribution < 1.29 is 17.9 Å². The van der Waals surface area contributed by atoms with Crippen LogP contribution in [0, 0.1) is 20.8 Å². The molecule has 0 bridgehead atoms. The Morgan fingerprint density at radius 2 is 1.80 bits per heavy atom. The van der Waals surface area contributed by atoms with E-state index in [0.717, 1.165) is 23.3 Å². The minimum absolute atomic E-state index is 0.149. The quantitative estimate of drug-likeness (QED) is 0.758. The lowest BCUT2D eigenvalue weighted by Gasteiger charge is -2.29. The summed E-state index contributed by atoms with van der Waals surface area (Å²) in [5.41, 5.74) is 4.22. The average molecular weight is 431 g/mol. The minimum atomic E-state index is -3.33. The van der Waals surface area contributed by atoms with Crippen LogP contribution in [0.2, 0.25) is 0 Å². The van der Waals surface area contributed by atoms with Gasteiger partial charge in [-0.1, -0.05) is 12.1 Å². The van der Waals surface area contributed by atoms with Gasteiger partial charge in [-0.15, -0.1) is 0 Å². The van der Waals surface area contributed by atoms with Crippen LogP contribution in [0.3, 0.4) is 0 Å². The molecule has 1 fully saturated rings. The molecule has 1 amide bonds. The van der Waals surface area contributed by atoms with Crippen LogP contribution in [-0.2, 0) is 10.0 Å². The number of nitrogens with one attached hydrogen (secondary N) is 1. The van der Waals surface area contributed by atoms with E-state index in [-0.39, 0.29) is 17.7 Å². The standard InChI is InChI=1S/C23H30N2O4S/c1-16-8-10-21(13-18(16)3)29-15-19(4)24-23(26)20-9-7-17(2)22(14-20)25-11-5-6-12-30(25,27)28/h7-10,13-14,19H,5-6,11-12,15H2,1-4H3,(H,24,26)/t19-/m1/s1. The maximum absolute atomic E-state index is 12.7. The van der Waals surface area contributed by atoms with Crippen molar-refractivity contribution in [2.24, 2.45) is 0 Å². The molecule has 1 saturated heterocycles. The predicted octanol–water partition coefficient (Wildman–Crippen LogP) is 3.74. The first kappa shape index (κ1) is 22.2. The molecule has 0 radical (unpaired) electrons. The van der Waals surface area contributed by atoms with Gasteiger partial charge in [-0.25, -0.2) is 8.42 Å². The van der Waals surface area contributed by atoms with Gasteiger partial charge in [0.05, 0.1) is 17.5 Å². The number of anilines is 1. The van der Waals surface area contributed by atoms with Crippen LogP contribution in [0.25, 0.3) is 0 Å². The second-order valence-corrected chi connectivity index (χ2v) is 10.0. The number of carbonyl (C=O) groups is 1. The molecule has 1 aliphatic rings. The van der Waals surface area contributed by atoms with Crippen molar-refractivity contribution in [1.29, 1.82) is 0 Å². The van der Waals surface area contributed by atoms with Gasteiger partial charge < -0.3 is 10.1 Å². The Balaban J connectivity index is 1.67. The van der Waals surface area contributed by atoms with Gasteiger partial charge in [0.15, 0.2) is 0 Å². The summed E-state index contributed by atoms with van der Waals surface area (Å²) >= 11 is 0. The van der Waals surface area contributed by atoms with Gasteiger partial charge in [0.25, 0.3) is 5.91 Å². The second-order valence-electron chi connectivity index (χ2n) is 8.03. The van der Waals surface area contributed by atoms with Crippen LogP contribution < -0.4 is 14.4 Å². The second kappa shape index (κ2) is 9.08. The van der Waals surface area contributed by atoms with E-state index in [9.17, 15) is 13.2 Å². The van der Waals surface area contributed by atoms with Gasteiger partial charge in [-0.2, -0.15) is 0 Å². The molecule has 162 valence electrons. The molecule has 2 aromatic rings. The first-order valence-corrected chi connectivity index (χ1v) is 11.9. The van der Waals surface area contributed by atoms with Crippen molar-refractivity contribution >= 4 is 21.6 Å². The van der Waals surface area contributed by atoms with Crippen molar-refractivity contribution in [3.05, 3.63) is 58.7 Å². The Kier molecular flexibility index (Phi) is 6.71. The summed E-state index contributed by atoms with van der Waals surface area (Å²) in [5, 5.41) is 2.93. The predicted molar refractivity (Wildman–Crippen MR) is 120 cm³/mol. The lowest BCUT2D eigenvalue weighted by atomic mass is 10.1. The number of hydrogen-bond acceptors (Lipinski definition) is 4. The summed E-state index contributed by atoms with van der Waals surface area (Å²) in [5.74, 6) is 0.671. The summed E-state index contributed by atoms with van der Waals surface area (Å²) in [7, 11) is -3.33. The highest BCUT2D eigenvalue weighted by Gasteiger charge is 2.27. The normalized spacial score (nSPS) is 16.7. The molecular weight excluding hydrogens is 400 g/mol. The van der Waals surface area contributed by atoms with Crippen LogP contribution >= 0.6 is 0 Å². The van der Waals surface area contributed by atoms with Gasteiger partial charge >= 0.3 is 0 Å². The molecule has 1 atom stereocenters. The number of benzene rings is 2. The molecule has 0 spiro atoms. The van der Waals surface area contributed by atoms with Crippen LogP contribution in [0.4, 0.5) is 5.69 Å². The monoisotopic (exact) mass is 430 g/mol. The third-order valence-electron chi connectivity index (χ3n) is 5.45. The van der Waals surface area contributed by atoms with E-state index in [1.807, 2.05) is 45.9 Å². The molecule has 3 rings (SSSR count). The van der Waals surface area contributed by atoms with Crippen LogP contribution in [-0.4, -0.2) is 39.3 Å². The van der Waals surface area contributed by atoms with Crippen molar-refractivity contribution in [1.82, 2.24) is 5.32 Å². The topological polar surface area (TPSA) is 75.7 Å². The molecule has 1 aliphatic heterocycles. The van der Waals surface area contributed by atoms with E-state index in [0.29, 0.717) is 30.8 Å². The number of hydrogen-bond donors (Lipinski definition) is 1. The number of sulfonamides is 1. The SMILES string of the molecule is Cc1ccc(OC[C@@H](C)NC(=O)c2ccc(C)c(N3CCCCS3(=O)=O)c2)cc1C. The fraction of sp³-hybridized carbons (Fsp3) is 0.435. The summed E-state index contributed by atoms with van der Waals surface area (Å²) in [4.78, 5) is 12.7. The number of ether oxygens (including phenoxy) is 1. The zero-order valence-electron chi connectivity index (χ0n) is 18.1. The molecule has 0 unspecified atom stereocenters. The molecular formula is C23H30N2O4S. The third-order valence-corrected chi connectivity index (χ3v) is 7.30. The zero-order valence-corrected chi connectivity index (χ0v) is 18.9. The fourth-order valence-electron chi connectivity index (χ4n) is 3.45. The third kappa shape index (κ3) is 5.14. The molecule has 2 aromatic carbocycles. The largest absolute Gasteiger partial charge is 0.491 e. The highest BCUT2D eigenvalue weighted by molar-refractivity contribution is 7.92. The summed E-state index contributed by atoms with van der Waals surface area (Å²) < 4.78 is 32.2. The Morgan fingerprint density at radius 1 is 1.07 bits per heavy atom. The highest BCUT2D eigenvalue weighted by atomic mass is 32.2. The number of nitrogens with zero attached hydrogens (tertiary/aromatic N) is 1. The molecule has 7 heteroatoms. The molecule has 0 aliphatic carbocycles. The maximum atomic E-state index is 12.7. The smallest absolute Gasteiger partial charge is 0.251 e. The van der Waals surface area contributed by atoms with E-state index in [1.165, 1.54) is 9.87 Å². The average Bonchev–Trinajstić information content (AvgIpc) is 2.69. The van der Waals surface area contributed by atoms with Crippen molar-refractivity contribution in [3.8, 4) is 5.75 Å². The first-order chi connectivity index (χ1) is 14.2. The van der Waals surface area contributed by atoms with Crippen molar-refractivity contribution in [2.75, 3.05) is 23.2 Å². The highest BCUT2D eigenvalue weighted by Crippen LogP contribution is 2.28. The van der Waals surface area contributed by atoms with Gasteiger partial charge in [0.1, 0.15) is 12.4 Å². The summed E-state index contributed by atoms with van der Waals surface area (Å²) in [6, 6.07) is 10.9. The number of carbonyl (C=O) groups excluding carboxylic acids is 1. The molecule has 0 aromatic heterocycles. The Labute approximate surface area is 179 Å². The first-order valence-electron chi connectivity index (χ1n) is 10.3. The number of rotatable bonds is 6. The molecule has 0 saturated carbocycles. The van der Waals surface area contributed by atoms with E-state index in [4.69, 9.17) is 4.74 Å². The van der Waals surface area contributed by atoms with Gasteiger partial charge in [0.2, 0.25) is 10.0 Å². The molecule has 6 nitrogen and oxygen atoms in total. The van der Waals surface area contributed by atoms with Gasteiger partial charge in [-0.05, 0) is 81.5 Å². The van der Waals surface area contributed by atoms with E-state index in [2.05, 4.69) is 5.32 Å². The Bertz CT molecular complexity index is 1030. The molecule has 1 heterocycles. The number of aryl methyl sites for hydroxylation is 3. The van der Waals surface area contributed by atoms with E-state index in [1.54, 1.807) is 18.2 Å². The van der Waals surface area contributed by atoms with Crippen molar-refractivity contribution in [2.45, 2.75) is 46.6 Å². The lowest BCUT2D eigenvalue weighted by Crippen LogP contribution is -2.39. The van der Waals surface area contributed by atoms with Crippen LogP contribution in [0.15, 0.2) is 36.4 Å². The van der Waals surface area contributed by atoms with Gasteiger partial charge in [-0.3, -0.25) is 9.10 Å². The fourth-order valence-corrected chi connectivity index (χ4v) is 5.15. The lowest BCUT2D eigenvalue weighted by molar-refractivity contribution is 0.0926. The van der Waals surface area contributed by atoms with E-state index >= 15 is 0 Å². The Morgan fingerprint density at radius 3 is 2.50 bits per heavy atom. The van der Waals surface area contributed by atoms with Crippen LogP contribution in [0.1, 0.15) is 46.8 Å².